The molecule has 0 aromatic carbocycles. The lowest BCUT2D eigenvalue weighted by Gasteiger charge is -2.32. The van der Waals surface area contributed by atoms with Gasteiger partial charge in [-0.25, -0.2) is 0 Å². The van der Waals surface area contributed by atoms with Gasteiger partial charge in [0, 0.05) is 31.6 Å². The van der Waals surface area contributed by atoms with Crippen molar-refractivity contribution in [2.24, 2.45) is 7.05 Å². The van der Waals surface area contributed by atoms with Gasteiger partial charge in [0.25, 0.3) is 5.91 Å². The highest BCUT2D eigenvalue weighted by atomic mass is 16.3. The number of aromatic nitrogens is 3. The number of aryl methyl sites for hydroxylation is 1. The first kappa shape index (κ1) is 18.2. The first-order chi connectivity index (χ1) is 13.1. The van der Waals surface area contributed by atoms with E-state index in [1.165, 1.54) is 19.3 Å². The third-order valence-corrected chi connectivity index (χ3v) is 5.94. The standard InChI is InChI=1S/C20H29N5O2/c1-15-8-12-27-18(15)20(26)25-11-6-7-16(13-25)19-22-21-17(23(19)2)14-24-9-4-3-5-10-24/h8,12,16H,3-7,9-11,13-14H2,1-2H3/t16-/m1/s1. The Balaban J connectivity index is 1.45. The molecule has 0 aliphatic carbocycles. The van der Waals surface area contributed by atoms with Gasteiger partial charge in [-0.3, -0.25) is 9.69 Å². The Hall–Kier alpha value is -2.15. The van der Waals surface area contributed by atoms with Crippen LogP contribution < -0.4 is 0 Å². The maximum absolute atomic E-state index is 12.8. The van der Waals surface area contributed by atoms with E-state index >= 15 is 0 Å². The highest BCUT2D eigenvalue weighted by Gasteiger charge is 2.30. The lowest BCUT2D eigenvalue weighted by molar-refractivity contribution is 0.0670. The smallest absolute Gasteiger partial charge is 0.289 e. The molecule has 0 bridgehead atoms. The molecule has 1 amide bonds. The van der Waals surface area contributed by atoms with Crippen LogP contribution in [-0.2, 0) is 13.6 Å². The van der Waals surface area contributed by atoms with Gasteiger partial charge in [0.1, 0.15) is 11.6 Å². The lowest BCUT2D eigenvalue weighted by Crippen LogP contribution is -2.39. The van der Waals surface area contributed by atoms with Crippen molar-refractivity contribution in [2.45, 2.75) is 51.5 Å². The average molecular weight is 371 g/mol. The lowest BCUT2D eigenvalue weighted by atomic mass is 9.96. The summed E-state index contributed by atoms with van der Waals surface area (Å²) in [6, 6.07) is 1.84. The van der Waals surface area contributed by atoms with Gasteiger partial charge in [0.05, 0.1) is 12.8 Å². The van der Waals surface area contributed by atoms with Crippen LogP contribution >= 0.6 is 0 Å². The van der Waals surface area contributed by atoms with Crippen LogP contribution in [0.5, 0.6) is 0 Å². The summed E-state index contributed by atoms with van der Waals surface area (Å²) in [5, 5.41) is 8.97. The predicted octanol–water partition coefficient (Wildman–Crippen LogP) is 2.72. The molecule has 0 spiro atoms. The Morgan fingerprint density at radius 3 is 2.74 bits per heavy atom. The molecule has 2 saturated heterocycles. The van der Waals surface area contributed by atoms with Crippen LogP contribution in [0.1, 0.15) is 65.8 Å². The number of furan rings is 1. The van der Waals surface area contributed by atoms with E-state index in [0.717, 1.165) is 56.2 Å². The third kappa shape index (κ3) is 3.78. The minimum Gasteiger partial charge on any atom is -0.459 e. The molecule has 146 valence electrons. The highest BCUT2D eigenvalue weighted by molar-refractivity contribution is 5.92. The molecule has 7 heteroatoms. The van der Waals surface area contributed by atoms with E-state index in [1.807, 2.05) is 17.9 Å². The molecule has 0 saturated carbocycles. The number of hydrogen-bond acceptors (Lipinski definition) is 5. The number of carbonyl (C=O) groups excluding carboxylic acids is 1. The second-order valence-electron chi connectivity index (χ2n) is 7.89. The monoisotopic (exact) mass is 371 g/mol. The molecule has 2 aromatic heterocycles. The summed E-state index contributed by atoms with van der Waals surface area (Å²) < 4.78 is 7.55. The zero-order valence-electron chi connectivity index (χ0n) is 16.4. The first-order valence-corrected chi connectivity index (χ1v) is 10.1. The molecular weight excluding hydrogens is 342 g/mol. The molecule has 0 unspecified atom stereocenters. The minimum absolute atomic E-state index is 0.0158. The largest absolute Gasteiger partial charge is 0.459 e. The van der Waals surface area contributed by atoms with Crippen LogP contribution in [0.25, 0.3) is 0 Å². The summed E-state index contributed by atoms with van der Waals surface area (Å²) in [6.07, 6.45) is 7.48. The number of hydrogen-bond donors (Lipinski definition) is 0. The Morgan fingerprint density at radius 2 is 2.00 bits per heavy atom. The fraction of sp³-hybridized carbons (Fsp3) is 0.650. The molecule has 7 nitrogen and oxygen atoms in total. The van der Waals surface area contributed by atoms with Crippen molar-refractivity contribution in [1.82, 2.24) is 24.6 Å². The number of carbonyl (C=O) groups is 1. The van der Waals surface area contributed by atoms with Gasteiger partial charge >= 0.3 is 0 Å². The highest BCUT2D eigenvalue weighted by Crippen LogP contribution is 2.27. The summed E-state index contributed by atoms with van der Waals surface area (Å²) in [5.74, 6) is 2.69. The van der Waals surface area contributed by atoms with Crippen LogP contribution in [0.4, 0.5) is 0 Å². The summed E-state index contributed by atoms with van der Waals surface area (Å²) >= 11 is 0. The molecular formula is C20H29N5O2. The zero-order chi connectivity index (χ0) is 18.8. The quantitative estimate of drug-likeness (QED) is 0.827. The number of rotatable bonds is 4. The van der Waals surface area contributed by atoms with Crippen molar-refractivity contribution in [3.05, 3.63) is 35.3 Å². The van der Waals surface area contributed by atoms with E-state index in [4.69, 9.17) is 4.42 Å². The van der Waals surface area contributed by atoms with Crippen molar-refractivity contribution < 1.29 is 9.21 Å². The Bertz CT molecular complexity index is 790. The van der Waals surface area contributed by atoms with Gasteiger partial charge in [-0.15, -0.1) is 10.2 Å². The van der Waals surface area contributed by atoms with Gasteiger partial charge in [0.15, 0.2) is 5.76 Å². The van der Waals surface area contributed by atoms with E-state index in [1.54, 1.807) is 6.26 Å². The Labute approximate surface area is 160 Å². The topological polar surface area (TPSA) is 67.4 Å². The maximum atomic E-state index is 12.8. The molecule has 2 fully saturated rings. The third-order valence-electron chi connectivity index (χ3n) is 5.94. The van der Waals surface area contributed by atoms with Crippen molar-refractivity contribution in [2.75, 3.05) is 26.2 Å². The Kier molecular flexibility index (Phi) is 5.29. The van der Waals surface area contributed by atoms with E-state index < -0.39 is 0 Å². The van der Waals surface area contributed by atoms with Crippen LogP contribution in [0.2, 0.25) is 0 Å². The summed E-state index contributed by atoms with van der Waals surface area (Å²) in [5.41, 5.74) is 0.893. The van der Waals surface area contributed by atoms with Crippen molar-refractivity contribution >= 4 is 5.91 Å². The van der Waals surface area contributed by atoms with Crippen molar-refractivity contribution in [1.29, 1.82) is 0 Å². The predicted molar refractivity (Wildman–Crippen MR) is 101 cm³/mol. The van der Waals surface area contributed by atoms with Crippen LogP contribution in [0.15, 0.2) is 16.7 Å². The molecule has 1 atom stereocenters. The number of amides is 1. The second-order valence-corrected chi connectivity index (χ2v) is 7.89. The fourth-order valence-corrected chi connectivity index (χ4v) is 4.29. The summed E-state index contributed by atoms with van der Waals surface area (Å²) in [7, 11) is 2.06. The molecule has 4 rings (SSSR count). The normalized spacial score (nSPS) is 21.6. The number of nitrogens with zero attached hydrogens (tertiary/aromatic N) is 5. The van der Waals surface area contributed by atoms with E-state index in [-0.39, 0.29) is 11.8 Å². The number of likely N-dealkylation sites (tertiary alicyclic amines) is 2. The van der Waals surface area contributed by atoms with E-state index in [2.05, 4.69) is 26.7 Å². The van der Waals surface area contributed by atoms with Crippen LogP contribution in [0, 0.1) is 6.92 Å². The van der Waals surface area contributed by atoms with Gasteiger partial charge < -0.3 is 13.9 Å². The van der Waals surface area contributed by atoms with Gasteiger partial charge in [-0.1, -0.05) is 6.42 Å². The molecule has 27 heavy (non-hydrogen) atoms. The molecule has 4 heterocycles. The molecule has 2 aliphatic heterocycles. The van der Waals surface area contributed by atoms with Gasteiger partial charge in [-0.05, 0) is 51.8 Å². The fourth-order valence-electron chi connectivity index (χ4n) is 4.29. The SMILES string of the molecule is Cc1ccoc1C(=O)N1CCC[C@@H](c2nnc(CN3CCCCC3)n2C)C1. The van der Waals surface area contributed by atoms with Crippen molar-refractivity contribution in [3.63, 3.8) is 0 Å². The average Bonchev–Trinajstić information content (AvgIpc) is 3.28. The van der Waals surface area contributed by atoms with Gasteiger partial charge in [-0.2, -0.15) is 0 Å². The van der Waals surface area contributed by atoms with Crippen LogP contribution in [-0.4, -0.2) is 56.7 Å². The Morgan fingerprint density at radius 1 is 1.19 bits per heavy atom. The first-order valence-electron chi connectivity index (χ1n) is 10.1. The summed E-state index contributed by atoms with van der Waals surface area (Å²) in [4.78, 5) is 17.2. The number of piperidine rings is 2. The second kappa shape index (κ2) is 7.84. The minimum atomic E-state index is -0.0158. The van der Waals surface area contributed by atoms with Crippen molar-refractivity contribution in [3.8, 4) is 0 Å². The van der Waals surface area contributed by atoms with Crippen LogP contribution in [0.3, 0.4) is 0 Å². The molecule has 2 aliphatic rings. The molecule has 0 N–H and O–H groups in total. The summed E-state index contributed by atoms with van der Waals surface area (Å²) in [6.45, 7) is 6.52. The van der Waals surface area contributed by atoms with Gasteiger partial charge in [0.2, 0.25) is 0 Å². The van der Waals surface area contributed by atoms with E-state index in [0.29, 0.717) is 12.3 Å². The molecule has 0 radical (unpaired) electrons. The van der Waals surface area contributed by atoms with E-state index in [9.17, 15) is 4.79 Å². The zero-order valence-corrected chi connectivity index (χ0v) is 16.4. The molecule has 2 aromatic rings. The maximum Gasteiger partial charge on any atom is 0.289 e.